The van der Waals surface area contributed by atoms with Crippen molar-refractivity contribution in [1.29, 1.82) is 0 Å². The number of hydrogen-bond donors (Lipinski definition) is 1. The SMILES string of the molecule is O=[N+]([O-])c1ccc(C=NNc2ccccc2)o1. The van der Waals surface area contributed by atoms with Gasteiger partial charge < -0.3 is 4.42 Å². The van der Waals surface area contributed by atoms with E-state index in [-0.39, 0.29) is 5.88 Å². The lowest BCUT2D eigenvalue weighted by atomic mass is 10.3. The smallest absolute Gasteiger partial charge is 0.400 e. The first-order chi connectivity index (χ1) is 8.25. The van der Waals surface area contributed by atoms with Crippen LogP contribution >= 0.6 is 0 Å². The quantitative estimate of drug-likeness (QED) is 0.498. The van der Waals surface area contributed by atoms with Crippen molar-refractivity contribution >= 4 is 17.8 Å². The Balaban J connectivity index is 1.98. The minimum atomic E-state index is -0.595. The molecule has 1 aromatic carbocycles. The van der Waals surface area contributed by atoms with Gasteiger partial charge in [0, 0.05) is 0 Å². The fourth-order valence-corrected chi connectivity index (χ4v) is 1.19. The van der Waals surface area contributed by atoms with E-state index in [9.17, 15) is 10.1 Å². The lowest BCUT2D eigenvalue weighted by Crippen LogP contribution is -1.88. The number of para-hydroxylation sites is 1. The third kappa shape index (κ3) is 2.91. The van der Waals surface area contributed by atoms with Crippen molar-refractivity contribution in [3.05, 3.63) is 58.3 Å². The lowest BCUT2D eigenvalue weighted by molar-refractivity contribution is -0.402. The predicted molar refractivity (Wildman–Crippen MR) is 63.0 cm³/mol. The van der Waals surface area contributed by atoms with Gasteiger partial charge in [0.25, 0.3) is 0 Å². The Bertz CT molecular complexity index is 534. The van der Waals surface area contributed by atoms with E-state index in [4.69, 9.17) is 4.42 Å². The van der Waals surface area contributed by atoms with E-state index >= 15 is 0 Å². The summed E-state index contributed by atoms with van der Waals surface area (Å²) in [6.07, 6.45) is 1.38. The van der Waals surface area contributed by atoms with E-state index < -0.39 is 4.92 Å². The highest BCUT2D eigenvalue weighted by Crippen LogP contribution is 2.14. The summed E-state index contributed by atoms with van der Waals surface area (Å²) >= 11 is 0. The molecule has 2 aromatic rings. The minimum Gasteiger partial charge on any atom is -0.400 e. The van der Waals surface area contributed by atoms with Gasteiger partial charge in [0.2, 0.25) is 0 Å². The zero-order valence-electron chi connectivity index (χ0n) is 8.74. The molecular formula is C11H9N3O3. The highest BCUT2D eigenvalue weighted by Gasteiger charge is 2.09. The topological polar surface area (TPSA) is 80.7 Å². The predicted octanol–water partition coefficient (Wildman–Crippen LogP) is 2.63. The monoisotopic (exact) mass is 231 g/mol. The zero-order valence-corrected chi connectivity index (χ0v) is 8.74. The number of hydrogen-bond acceptors (Lipinski definition) is 5. The highest BCUT2D eigenvalue weighted by molar-refractivity contribution is 5.77. The maximum atomic E-state index is 10.4. The van der Waals surface area contributed by atoms with Crippen LogP contribution < -0.4 is 5.43 Å². The second kappa shape index (κ2) is 4.93. The van der Waals surface area contributed by atoms with E-state index in [1.807, 2.05) is 30.3 Å². The Morgan fingerprint density at radius 1 is 1.24 bits per heavy atom. The van der Waals surface area contributed by atoms with Crippen LogP contribution in [0.3, 0.4) is 0 Å². The van der Waals surface area contributed by atoms with Gasteiger partial charge in [0.1, 0.15) is 4.92 Å². The van der Waals surface area contributed by atoms with Crippen LogP contribution in [-0.2, 0) is 0 Å². The van der Waals surface area contributed by atoms with Crippen molar-refractivity contribution in [2.75, 3.05) is 5.43 Å². The number of anilines is 1. The van der Waals surface area contributed by atoms with Gasteiger partial charge in [0.15, 0.2) is 5.76 Å². The molecule has 0 amide bonds. The second-order valence-corrected chi connectivity index (χ2v) is 3.17. The molecule has 0 saturated carbocycles. The van der Waals surface area contributed by atoms with Crippen LogP contribution in [0.25, 0.3) is 0 Å². The first kappa shape index (κ1) is 10.9. The average Bonchev–Trinajstić information content (AvgIpc) is 2.79. The van der Waals surface area contributed by atoms with Crippen LogP contribution in [-0.4, -0.2) is 11.1 Å². The van der Waals surface area contributed by atoms with Crippen molar-refractivity contribution in [1.82, 2.24) is 0 Å². The van der Waals surface area contributed by atoms with Gasteiger partial charge in [-0.15, -0.1) is 0 Å². The van der Waals surface area contributed by atoms with Crippen molar-refractivity contribution < 1.29 is 9.34 Å². The second-order valence-electron chi connectivity index (χ2n) is 3.17. The van der Waals surface area contributed by atoms with Crippen LogP contribution in [0.1, 0.15) is 5.76 Å². The summed E-state index contributed by atoms with van der Waals surface area (Å²) in [7, 11) is 0. The number of rotatable bonds is 4. The number of nitrogens with one attached hydrogen (secondary N) is 1. The molecule has 2 rings (SSSR count). The molecule has 0 saturated heterocycles. The molecule has 1 heterocycles. The molecule has 6 nitrogen and oxygen atoms in total. The maximum Gasteiger partial charge on any atom is 0.433 e. The van der Waals surface area contributed by atoms with Crippen LogP contribution in [0.15, 0.2) is 52.0 Å². The van der Waals surface area contributed by atoms with E-state index in [2.05, 4.69) is 10.5 Å². The molecule has 17 heavy (non-hydrogen) atoms. The largest absolute Gasteiger partial charge is 0.433 e. The standard InChI is InChI=1S/C11H9N3O3/c15-14(16)11-7-6-10(17-11)8-12-13-9-4-2-1-3-5-9/h1-8,13H. The third-order valence-electron chi connectivity index (χ3n) is 1.95. The lowest BCUT2D eigenvalue weighted by Gasteiger charge is -1.96. The van der Waals surface area contributed by atoms with Gasteiger partial charge in [-0.05, 0) is 18.2 Å². The number of nitrogens with zero attached hydrogens (tertiary/aromatic N) is 2. The van der Waals surface area contributed by atoms with Crippen LogP contribution in [0.4, 0.5) is 11.6 Å². The fraction of sp³-hybridized carbons (Fsp3) is 0. The first-order valence-electron chi connectivity index (χ1n) is 4.84. The van der Waals surface area contributed by atoms with E-state index in [0.29, 0.717) is 5.76 Å². The van der Waals surface area contributed by atoms with Crippen LogP contribution in [0.5, 0.6) is 0 Å². The summed E-state index contributed by atoms with van der Waals surface area (Å²) in [5.41, 5.74) is 3.60. The first-order valence-corrected chi connectivity index (χ1v) is 4.84. The summed E-state index contributed by atoms with van der Waals surface area (Å²) < 4.78 is 4.89. The molecule has 0 radical (unpaired) electrons. The van der Waals surface area contributed by atoms with Crippen molar-refractivity contribution in [3.63, 3.8) is 0 Å². The van der Waals surface area contributed by atoms with Gasteiger partial charge in [0.05, 0.1) is 18.0 Å². The van der Waals surface area contributed by atoms with E-state index in [1.54, 1.807) is 0 Å². The number of nitro groups is 1. The summed E-state index contributed by atoms with van der Waals surface area (Å²) in [4.78, 5) is 9.77. The summed E-state index contributed by atoms with van der Waals surface area (Å²) in [5.74, 6) is 0.0197. The van der Waals surface area contributed by atoms with Crippen LogP contribution in [0, 0.1) is 10.1 Å². The molecule has 1 aromatic heterocycles. The van der Waals surface area contributed by atoms with Gasteiger partial charge in [-0.1, -0.05) is 18.2 Å². The molecule has 0 aliphatic rings. The molecule has 1 N–H and O–H groups in total. The molecule has 0 atom stereocenters. The Kier molecular flexibility index (Phi) is 3.15. The van der Waals surface area contributed by atoms with Crippen molar-refractivity contribution in [2.24, 2.45) is 5.10 Å². The molecule has 6 heteroatoms. The molecule has 86 valence electrons. The van der Waals surface area contributed by atoms with Crippen LogP contribution in [0.2, 0.25) is 0 Å². The maximum absolute atomic E-state index is 10.4. The Labute approximate surface area is 96.7 Å². The molecule has 0 aliphatic carbocycles. The number of furan rings is 1. The molecule has 0 fully saturated rings. The van der Waals surface area contributed by atoms with Gasteiger partial charge in [-0.2, -0.15) is 5.10 Å². The molecule has 0 spiro atoms. The Morgan fingerprint density at radius 2 is 2.00 bits per heavy atom. The minimum absolute atomic E-state index is 0.300. The normalized spacial score (nSPS) is 10.6. The van der Waals surface area contributed by atoms with Gasteiger partial charge in [-0.25, -0.2) is 0 Å². The summed E-state index contributed by atoms with van der Waals surface area (Å²) in [6, 6.07) is 12.1. The number of hydrazone groups is 1. The van der Waals surface area contributed by atoms with E-state index in [1.165, 1.54) is 18.3 Å². The molecular weight excluding hydrogens is 222 g/mol. The summed E-state index contributed by atoms with van der Waals surface area (Å²) in [5, 5.41) is 14.3. The summed E-state index contributed by atoms with van der Waals surface area (Å²) in [6.45, 7) is 0. The molecule has 0 unspecified atom stereocenters. The third-order valence-corrected chi connectivity index (χ3v) is 1.95. The number of benzene rings is 1. The van der Waals surface area contributed by atoms with Crippen molar-refractivity contribution in [2.45, 2.75) is 0 Å². The fourth-order valence-electron chi connectivity index (χ4n) is 1.19. The van der Waals surface area contributed by atoms with E-state index in [0.717, 1.165) is 5.69 Å². The highest BCUT2D eigenvalue weighted by atomic mass is 16.6. The molecule has 0 aliphatic heterocycles. The molecule has 0 bridgehead atoms. The van der Waals surface area contributed by atoms with Gasteiger partial charge >= 0.3 is 5.88 Å². The Hall–Kier alpha value is -2.63. The van der Waals surface area contributed by atoms with Crippen molar-refractivity contribution in [3.8, 4) is 0 Å². The Morgan fingerprint density at radius 3 is 2.65 bits per heavy atom. The van der Waals surface area contributed by atoms with Gasteiger partial charge in [-0.3, -0.25) is 15.5 Å². The zero-order chi connectivity index (χ0) is 12.1. The average molecular weight is 231 g/mol.